The number of benzene rings is 1. The largest absolute Gasteiger partial charge is 0.342 e. The summed E-state index contributed by atoms with van der Waals surface area (Å²) in [5.74, 6) is -0.527. The number of aromatic nitrogens is 2. The topological polar surface area (TPSA) is 28.7 Å². The van der Waals surface area contributed by atoms with Crippen LogP contribution in [0.5, 0.6) is 0 Å². The van der Waals surface area contributed by atoms with Crippen molar-refractivity contribution in [3.05, 3.63) is 29.6 Å². The number of aromatic amines is 1. The Morgan fingerprint density at radius 3 is 2.81 bits per heavy atom. The van der Waals surface area contributed by atoms with Crippen molar-refractivity contribution in [3.8, 4) is 0 Å². The molecule has 1 atom stereocenters. The van der Waals surface area contributed by atoms with Crippen LogP contribution in [0.15, 0.2) is 12.1 Å². The fraction of sp³-hybridized carbons (Fsp3) is 0.417. The average Bonchev–Trinajstić information content (AvgIpc) is 2.67. The molecule has 0 fully saturated rings. The quantitative estimate of drug-likeness (QED) is 0.850. The van der Waals surface area contributed by atoms with Gasteiger partial charge in [0, 0.05) is 6.42 Å². The molecule has 1 heterocycles. The van der Waals surface area contributed by atoms with Gasteiger partial charge >= 0.3 is 0 Å². The smallest absolute Gasteiger partial charge is 0.186 e. The van der Waals surface area contributed by atoms with Crippen LogP contribution in [-0.2, 0) is 6.42 Å². The fourth-order valence-corrected chi connectivity index (χ4v) is 1.64. The minimum absolute atomic E-state index is 0.0957. The van der Waals surface area contributed by atoms with E-state index in [1.807, 2.05) is 0 Å². The standard InChI is InChI=1S/C12H14F2N2/c1-3-7(2)6-10-15-9-5-4-8(13)11(14)12(9)16-10/h4-5,7H,3,6H2,1-2H3,(H,15,16). The van der Waals surface area contributed by atoms with Gasteiger partial charge in [-0.15, -0.1) is 0 Å². The van der Waals surface area contributed by atoms with Crippen LogP contribution in [-0.4, -0.2) is 9.97 Å². The third-order valence-corrected chi connectivity index (χ3v) is 2.83. The maximum absolute atomic E-state index is 13.4. The molecule has 2 nitrogen and oxygen atoms in total. The summed E-state index contributed by atoms with van der Waals surface area (Å²) in [6.07, 6.45) is 1.79. The molecule has 0 saturated heterocycles. The molecule has 2 rings (SSSR count). The highest BCUT2D eigenvalue weighted by atomic mass is 19.2. The molecule has 16 heavy (non-hydrogen) atoms. The van der Waals surface area contributed by atoms with E-state index in [2.05, 4.69) is 23.8 Å². The number of hydrogen-bond acceptors (Lipinski definition) is 1. The van der Waals surface area contributed by atoms with E-state index >= 15 is 0 Å². The second kappa shape index (κ2) is 4.20. The van der Waals surface area contributed by atoms with Gasteiger partial charge in [0.1, 0.15) is 11.3 Å². The van der Waals surface area contributed by atoms with E-state index in [9.17, 15) is 8.78 Å². The van der Waals surface area contributed by atoms with Gasteiger partial charge in [-0.3, -0.25) is 0 Å². The Balaban J connectivity index is 2.40. The minimum atomic E-state index is -0.871. The lowest BCUT2D eigenvalue weighted by Gasteiger charge is -2.03. The zero-order valence-electron chi connectivity index (χ0n) is 9.35. The molecule has 0 aliphatic heterocycles. The third-order valence-electron chi connectivity index (χ3n) is 2.83. The van der Waals surface area contributed by atoms with Crippen molar-refractivity contribution in [3.63, 3.8) is 0 Å². The Bertz CT molecular complexity index is 505. The lowest BCUT2D eigenvalue weighted by molar-refractivity contribution is 0.515. The molecule has 1 aromatic carbocycles. The molecule has 0 saturated carbocycles. The zero-order chi connectivity index (χ0) is 11.7. The van der Waals surface area contributed by atoms with Crippen LogP contribution in [0.1, 0.15) is 26.1 Å². The monoisotopic (exact) mass is 224 g/mol. The van der Waals surface area contributed by atoms with Gasteiger partial charge in [-0.25, -0.2) is 13.8 Å². The van der Waals surface area contributed by atoms with Crippen molar-refractivity contribution in [2.24, 2.45) is 5.92 Å². The summed E-state index contributed by atoms with van der Waals surface area (Å²) in [4.78, 5) is 7.10. The molecule has 0 aliphatic carbocycles. The molecule has 1 N–H and O–H groups in total. The van der Waals surface area contributed by atoms with Crippen LogP contribution in [0.2, 0.25) is 0 Å². The number of hydrogen-bond donors (Lipinski definition) is 1. The predicted octanol–water partition coefficient (Wildman–Crippen LogP) is 3.43. The Hall–Kier alpha value is -1.45. The van der Waals surface area contributed by atoms with Crippen LogP contribution in [0.4, 0.5) is 8.78 Å². The summed E-state index contributed by atoms with van der Waals surface area (Å²) in [5, 5.41) is 0. The zero-order valence-corrected chi connectivity index (χ0v) is 9.35. The van der Waals surface area contributed by atoms with Gasteiger partial charge in [0.25, 0.3) is 0 Å². The maximum Gasteiger partial charge on any atom is 0.186 e. The van der Waals surface area contributed by atoms with E-state index < -0.39 is 11.6 Å². The summed E-state index contributed by atoms with van der Waals surface area (Å²) in [5.41, 5.74) is 0.649. The molecule has 0 amide bonds. The molecule has 0 aliphatic rings. The highest BCUT2D eigenvalue weighted by molar-refractivity contribution is 5.75. The van der Waals surface area contributed by atoms with Gasteiger partial charge in [0.15, 0.2) is 11.6 Å². The highest BCUT2D eigenvalue weighted by Gasteiger charge is 2.12. The molecule has 86 valence electrons. The van der Waals surface area contributed by atoms with Crippen LogP contribution in [0, 0.1) is 17.6 Å². The Labute approximate surface area is 92.7 Å². The molecule has 2 aromatic rings. The van der Waals surface area contributed by atoms with E-state index in [4.69, 9.17) is 0 Å². The first-order valence-corrected chi connectivity index (χ1v) is 5.44. The lowest BCUT2D eigenvalue weighted by Crippen LogP contribution is -1.99. The first kappa shape index (κ1) is 11.0. The SMILES string of the molecule is CCC(C)Cc1nc2c(F)c(F)ccc2[nH]1. The highest BCUT2D eigenvalue weighted by Crippen LogP contribution is 2.19. The molecule has 4 heteroatoms. The van der Waals surface area contributed by atoms with Gasteiger partial charge in [0.2, 0.25) is 0 Å². The third kappa shape index (κ3) is 1.92. The van der Waals surface area contributed by atoms with Crippen LogP contribution >= 0.6 is 0 Å². The van der Waals surface area contributed by atoms with Gasteiger partial charge in [-0.1, -0.05) is 20.3 Å². The first-order valence-electron chi connectivity index (χ1n) is 5.44. The number of fused-ring (bicyclic) bond motifs is 1. The normalized spacial score (nSPS) is 13.2. The van der Waals surface area contributed by atoms with Crippen molar-refractivity contribution in [1.29, 1.82) is 0 Å². The Kier molecular flexibility index (Phi) is 2.90. The summed E-state index contributed by atoms with van der Waals surface area (Å²) in [6.45, 7) is 4.19. The van der Waals surface area contributed by atoms with E-state index in [-0.39, 0.29) is 5.52 Å². The molecule has 0 bridgehead atoms. The lowest BCUT2D eigenvalue weighted by atomic mass is 10.1. The average molecular weight is 224 g/mol. The Morgan fingerprint density at radius 1 is 1.38 bits per heavy atom. The molecule has 1 unspecified atom stereocenters. The number of halogens is 2. The van der Waals surface area contributed by atoms with Crippen molar-refractivity contribution >= 4 is 11.0 Å². The summed E-state index contributed by atoms with van der Waals surface area (Å²) >= 11 is 0. The number of nitrogens with one attached hydrogen (secondary N) is 1. The number of H-pyrrole nitrogens is 1. The van der Waals surface area contributed by atoms with Crippen molar-refractivity contribution < 1.29 is 8.78 Å². The molecular weight excluding hydrogens is 210 g/mol. The van der Waals surface area contributed by atoms with Crippen LogP contribution < -0.4 is 0 Å². The van der Waals surface area contributed by atoms with E-state index in [1.54, 1.807) is 0 Å². The number of imidazole rings is 1. The second-order valence-corrected chi connectivity index (χ2v) is 4.16. The fourth-order valence-electron chi connectivity index (χ4n) is 1.64. The first-order chi connectivity index (χ1) is 7.61. The predicted molar refractivity (Wildman–Crippen MR) is 59.2 cm³/mol. The molecule has 0 spiro atoms. The van der Waals surface area contributed by atoms with E-state index in [1.165, 1.54) is 6.07 Å². The minimum Gasteiger partial charge on any atom is -0.342 e. The maximum atomic E-state index is 13.4. The van der Waals surface area contributed by atoms with Gasteiger partial charge in [-0.05, 0) is 18.1 Å². The summed E-state index contributed by atoms with van der Waals surface area (Å²) in [7, 11) is 0. The van der Waals surface area contributed by atoms with Crippen molar-refractivity contribution in [2.75, 3.05) is 0 Å². The number of rotatable bonds is 3. The van der Waals surface area contributed by atoms with Gasteiger partial charge < -0.3 is 4.98 Å². The second-order valence-electron chi connectivity index (χ2n) is 4.16. The molecule has 1 aromatic heterocycles. The summed E-state index contributed by atoms with van der Waals surface area (Å²) in [6, 6.07) is 2.63. The van der Waals surface area contributed by atoms with Crippen molar-refractivity contribution in [1.82, 2.24) is 9.97 Å². The van der Waals surface area contributed by atoms with Gasteiger partial charge in [0.05, 0.1) is 5.52 Å². The van der Waals surface area contributed by atoms with E-state index in [0.717, 1.165) is 18.9 Å². The van der Waals surface area contributed by atoms with Crippen LogP contribution in [0.25, 0.3) is 11.0 Å². The molecular formula is C12H14F2N2. The van der Waals surface area contributed by atoms with Crippen LogP contribution in [0.3, 0.4) is 0 Å². The summed E-state index contributed by atoms with van der Waals surface area (Å²) < 4.78 is 26.3. The molecule has 0 radical (unpaired) electrons. The van der Waals surface area contributed by atoms with Crippen molar-refractivity contribution in [2.45, 2.75) is 26.7 Å². The Morgan fingerprint density at radius 2 is 2.12 bits per heavy atom. The van der Waals surface area contributed by atoms with Gasteiger partial charge in [-0.2, -0.15) is 0 Å². The van der Waals surface area contributed by atoms with E-state index in [0.29, 0.717) is 17.3 Å². The number of nitrogens with zero attached hydrogens (tertiary/aromatic N) is 1.